The molecule has 7 heteroatoms. The second kappa shape index (κ2) is 3.97. The Balaban J connectivity index is 2.45. The zero-order valence-electron chi connectivity index (χ0n) is 8.11. The second-order valence-corrected chi connectivity index (χ2v) is 3.07. The average Bonchev–Trinajstić information content (AvgIpc) is 2.66. The van der Waals surface area contributed by atoms with Gasteiger partial charge in [0.15, 0.2) is 5.82 Å². The molecular weight excluding hydrogens is 212 g/mol. The van der Waals surface area contributed by atoms with E-state index in [0.29, 0.717) is 5.69 Å². The van der Waals surface area contributed by atoms with Crippen molar-refractivity contribution in [3.8, 4) is 11.4 Å². The molecular formula is C9H8N4O3. The molecule has 16 heavy (non-hydrogen) atoms. The Morgan fingerprint density at radius 2 is 2.12 bits per heavy atom. The van der Waals surface area contributed by atoms with Gasteiger partial charge >= 0.3 is 5.97 Å². The number of nitrogens with zero attached hydrogens (tertiary/aromatic N) is 4. The number of hydrogen-bond acceptors (Lipinski definition) is 5. The number of benzene rings is 1. The number of rotatable bonds is 3. The van der Waals surface area contributed by atoms with Crippen LogP contribution in [0.3, 0.4) is 0 Å². The van der Waals surface area contributed by atoms with Crippen molar-refractivity contribution < 1.29 is 15.0 Å². The van der Waals surface area contributed by atoms with Crippen molar-refractivity contribution >= 4 is 5.97 Å². The first kappa shape index (κ1) is 10.1. The van der Waals surface area contributed by atoms with Crippen molar-refractivity contribution in [2.45, 2.75) is 6.42 Å². The van der Waals surface area contributed by atoms with E-state index in [1.807, 2.05) is 0 Å². The minimum atomic E-state index is -1.04. The molecule has 0 bridgehead atoms. The maximum absolute atomic E-state index is 10.6. The summed E-state index contributed by atoms with van der Waals surface area (Å²) in [5.41, 5.74) is 0.351. The fraction of sp³-hybridized carbons (Fsp3) is 0.111. The van der Waals surface area contributed by atoms with Gasteiger partial charge in [-0.1, -0.05) is 12.1 Å². The SMILES string of the molecule is O=C(O)Cc1nnnn1-c1ccccc1O. The minimum absolute atomic E-state index is 0.0126. The van der Waals surface area contributed by atoms with Crippen molar-refractivity contribution in [1.82, 2.24) is 20.2 Å². The molecule has 0 radical (unpaired) electrons. The minimum Gasteiger partial charge on any atom is -0.506 e. The quantitative estimate of drug-likeness (QED) is 0.754. The van der Waals surface area contributed by atoms with Crippen LogP contribution in [0.5, 0.6) is 5.75 Å². The van der Waals surface area contributed by atoms with Crippen molar-refractivity contribution in [2.24, 2.45) is 0 Å². The zero-order chi connectivity index (χ0) is 11.5. The number of para-hydroxylation sites is 2. The van der Waals surface area contributed by atoms with Crippen LogP contribution in [-0.4, -0.2) is 36.4 Å². The van der Waals surface area contributed by atoms with Gasteiger partial charge in [0.25, 0.3) is 0 Å². The molecule has 0 atom stereocenters. The smallest absolute Gasteiger partial charge is 0.311 e. The Bertz CT molecular complexity index is 523. The van der Waals surface area contributed by atoms with Gasteiger partial charge in [0.2, 0.25) is 0 Å². The third-order valence-electron chi connectivity index (χ3n) is 1.95. The van der Waals surface area contributed by atoms with Gasteiger partial charge in [-0.05, 0) is 22.6 Å². The number of carboxylic acids is 1. The normalized spacial score (nSPS) is 10.2. The van der Waals surface area contributed by atoms with Gasteiger partial charge in [-0.3, -0.25) is 4.79 Å². The molecule has 0 amide bonds. The van der Waals surface area contributed by atoms with Crippen molar-refractivity contribution in [1.29, 1.82) is 0 Å². The highest BCUT2D eigenvalue weighted by molar-refractivity contribution is 5.69. The summed E-state index contributed by atoms with van der Waals surface area (Å²) in [5, 5.41) is 28.8. The molecule has 0 spiro atoms. The van der Waals surface area contributed by atoms with E-state index in [4.69, 9.17) is 5.11 Å². The largest absolute Gasteiger partial charge is 0.506 e. The number of carbonyl (C=O) groups is 1. The van der Waals surface area contributed by atoms with E-state index in [1.54, 1.807) is 18.2 Å². The maximum Gasteiger partial charge on any atom is 0.311 e. The fourth-order valence-corrected chi connectivity index (χ4v) is 1.28. The van der Waals surface area contributed by atoms with Crippen LogP contribution in [0.4, 0.5) is 0 Å². The lowest BCUT2D eigenvalue weighted by molar-refractivity contribution is -0.136. The third kappa shape index (κ3) is 1.83. The van der Waals surface area contributed by atoms with Crippen molar-refractivity contribution in [3.05, 3.63) is 30.1 Å². The first-order chi connectivity index (χ1) is 7.68. The Morgan fingerprint density at radius 3 is 2.81 bits per heavy atom. The van der Waals surface area contributed by atoms with Crippen LogP contribution < -0.4 is 0 Å². The van der Waals surface area contributed by atoms with E-state index < -0.39 is 5.97 Å². The van der Waals surface area contributed by atoms with Gasteiger partial charge in [-0.2, -0.15) is 4.68 Å². The van der Waals surface area contributed by atoms with E-state index in [0.717, 1.165) is 0 Å². The third-order valence-corrected chi connectivity index (χ3v) is 1.95. The lowest BCUT2D eigenvalue weighted by atomic mass is 10.3. The molecule has 0 fully saturated rings. The molecule has 0 saturated heterocycles. The monoisotopic (exact) mass is 220 g/mol. The number of hydrogen-bond donors (Lipinski definition) is 2. The van der Waals surface area contributed by atoms with Crippen LogP contribution >= 0.6 is 0 Å². The first-order valence-corrected chi connectivity index (χ1v) is 4.46. The van der Waals surface area contributed by atoms with E-state index >= 15 is 0 Å². The molecule has 2 N–H and O–H groups in total. The number of carboxylic acid groups (broad SMARTS) is 1. The highest BCUT2D eigenvalue weighted by Gasteiger charge is 2.13. The van der Waals surface area contributed by atoms with Crippen LogP contribution in [0.25, 0.3) is 5.69 Å². The summed E-state index contributed by atoms with van der Waals surface area (Å²) in [4.78, 5) is 10.6. The number of phenols is 1. The Hall–Kier alpha value is -2.44. The summed E-state index contributed by atoms with van der Waals surface area (Å²) in [6.07, 6.45) is -0.304. The fourth-order valence-electron chi connectivity index (χ4n) is 1.28. The second-order valence-electron chi connectivity index (χ2n) is 3.07. The molecule has 7 nitrogen and oxygen atoms in total. The Labute approximate surface area is 90.0 Å². The highest BCUT2D eigenvalue weighted by Crippen LogP contribution is 2.20. The van der Waals surface area contributed by atoms with E-state index in [1.165, 1.54) is 10.7 Å². The number of aliphatic carboxylic acids is 1. The standard InChI is InChI=1S/C9H8N4O3/c14-7-4-2-1-3-6(7)13-8(5-9(15)16)10-11-12-13/h1-4,14H,5H2,(H,15,16). The summed E-state index contributed by atoms with van der Waals surface area (Å²) >= 11 is 0. The van der Waals surface area contributed by atoms with E-state index in [2.05, 4.69) is 15.5 Å². The molecule has 1 heterocycles. The van der Waals surface area contributed by atoms with E-state index in [-0.39, 0.29) is 18.0 Å². The molecule has 0 aliphatic carbocycles. The lowest BCUT2D eigenvalue weighted by Crippen LogP contribution is -2.09. The molecule has 0 aliphatic rings. The molecule has 2 aromatic rings. The van der Waals surface area contributed by atoms with Gasteiger partial charge < -0.3 is 10.2 Å². The summed E-state index contributed by atoms with van der Waals surface area (Å²) in [7, 11) is 0. The van der Waals surface area contributed by atoms with Gasteiger partial charge in [-0.15, -0.1) is 5.10 Å². The molecule has 0 aliphatic heterocycles. The number of tetrazole rings is 1. The number of phenolic OH excluding ortho intramolecular Hbond substituents is 1. The average molecular weight is 220 g/mol. The number of aromatic nitrogens is 4. The predicted molar refractivity (Wildman–Crippen MR) is 52.2 cm³/mol. The Morgan fingerprint density at radius 1 is 1.38 bits per heavy atom. The van der Waals surface area contributed by atoms with Gasteiger partial charge in [-0.25, -0.2) is 0 Å². The maximum atomic E-state index is 10.6. The van der Waals surface area contributed by atoms with Crippen LogP contribution in [0, 0.1) is 0 Å². The molecule has 2 rings (SSSR count). The van der Waals surface area contributed by atoms with Crippen LogP contribution in [-0.2, 0) is 11.2 Å². The highest BCUT2D eigenvalue weighted by atomic mass is 16.4. The van der Waals surface area contributed by atoms with Crippen molar-refractivity contribution in [3.63, 3.8) is 0 Å². The summed E-state index contributed by atoms with van der Waals surface area (Å²) in [6, 6.07) is 6.42. The molecule has 1 aromatic heterocycles. The molecule has 82 valence electrons. The number of aromatic hydroxyl groups is 1. The van der Waals surface area contributed by atoms with Crippen molar-refractivity contribution in [2.75, 3.05) is 0 Å². The van der Waals surface area contributed by atoms with Gasteiger partial charge in [0, 0.05) is 0 Å². The molecule has 0 saturated carbocycles. The Kier molecular flexibility index (Phi) is 2.50. The molecule has 0 unspecified atom stereocenters. The topological polar surface area (TPSA) is 101 Å². The first-order valence-electron chi connectivity index (χ1n) is 4.46. The zero-order valence-corrected chi connectivity index (χ0v) is 8.11. The predicted octanol–water partition coefficient (Wildman–Crippen LogP) is -0.00500. The van der Waals surface area contributed by atoms with Gasteiger partial charge in [0.05, 0.1) is 0 Å². The van der Waals surface area contributed by atoms with Crippen LogP contribution in [0.2, 0.25) is 0 Å². The summed E-state index contributed by atoms with van der Waals surface area (Å²) in [6.45, 7) is 0. The summed E-state index contributed by atoms with van der Waals surface area (Å²) < 4.78 is 1.20. The summed E-state index contributed by atoms with van der Waals surface area (Å²) in [5.74, 6) is -0.887. The van der Waals surface area contributed by atoms with Gasteiger partial charge in [0.1, 0.15) is 17.9 Å². The lowest BCUT2D eigenvalue weighted by Gasteiger charge is -2.04. The van der Waals surface area contributed by atoms with E-state index in [9.17, 15) is 9.90 Å². The van der Waals surface area contributed by atoms with Crippen LogP contribution in [0.15, 0.2) is 24.3 Å². The molecule has 1 aromatic carbocycles. The van der Waals surface area contributed by atoms with Crippen LogP contribution in [0.1, 0.15) is 5.82 Å².